The first-order chi connectivity index (χ1) is 26.2. The van der Waals surface area contributed by atoms with Crippen LogP contribution in [0, 0.1) is 0 Å². The maximum Gasteiger partial charge on any atom is 0.00363 e. The smallest absolute Gasteiger partial charge is 0.00363 e. The van der Waals surface area contributed by atoms with Gasteiger partial charge in [0.15, 0.2) is 0 Å². The number of benzene rings is 8. The number of hydrogen-bond acceptors (Lipinski definition) is 0. The number of hydrogen-bond donors (Lipinski definition) is 0. The van der Waals surface area contributed by atoms with E-state index in [0.29, 0.717) is 11.8 Å². The lowest BCUT2D eigenvalue weighted by molar-refractivity contribution is 0.805. The molecule has 0 saturated heterocycles. The van der Waals surface area contributed by atoms with E-state index in [9.17, 15) is 0 Å². The minimum atomic E-state index is 0.489. The molecule has 18 bridgehead atoms. The lowest BCUT2D eigenvalue weighted by Gasteiger charge is -2.20. The molecule has 24 aliphatic carbocycles. The van der Waals surface area contributed by atoms with Crippen molar-refractivity contribution < 1.29 is 0 Å². The number of allylic oxidation sites excluding steroid dienone is 2. The monoisotopic (exact) mass is 672 g/mol. The summed E-state index contributed by atoms with van der Waals surface area (Å²) in [5.74, 6) is 0.979. The summed E-state index contributed by atoms with van der Waals surface area (Å²) in [6, 6.07) is 68.0. The Balaban J connectivity index is 1.00. The van der Waals surface area contributed by atoms with E-state index in [-0.39, 0.29) is 0 Å². The molecule has 248 valence electrons. The first kappa shape index (κ1) is 30.2. The Morgan fingerprint density at radius 2 is 0.377 bits per heavy atom. The molecule has 0 saturated carbocycles. The van der Waals surface area contributed by atoms with Gasteiger partial charge in [0.2, 0.25) is 0 Å². The minimum absolute atomic E-state index is 0.489. The molecule has 8 aromatic rings. The van der Waals surface area contributed by atoms with Crippen LogP contribution < -0.4 is 0 Å². The standard InChI is InChI=1S/C53H36/c1-2-35-4-3-34(1)36-5-9-38(10-6-36)40-13-17-42(18-14-40)44-21-25-46(26-22-44)50-31-32-51(53-49-30-29-48(33-49)52(50)53)47-27-23-45(24-28-47)43-19-15-41(16-20-43)39-11-7-37(35)8-12-39/h1-32,48-49H,33H2/t48-,49+. The largest absolute Gasteiger partial charge is 0.0803 e. The van der Waals surface area contributed by atoms with Crippen molar-refractivity contribution in [1.82, 2.24) is 0 Å². The molecule has 32 rings (SSSR count). The van der Waals surface area contributed by atoms with E-state index in [2.05, 4.69) is 194 Å². The summed E-state index contributed by atoms with van der Waals surface area (Å²) >= 11 is 0. The molecule has 0 heteroatoms. The summed E-state index contributed by atoms with van der Waals surface area (Å²) in [5, 5.41) is 0. The van der Waals surface area contributed by atoms with E-state index in [0.717, 1.165) is 0 Å². The Hall–Kier alpha value is -6.50. The summed E-state index contributed by atoms with van der Waals surface area (Å²) in [5.41, 5.74) is 23.1. The molecule has 24 aliphatic rings. The molecule has 0 amide bonds. The summed E-state index contributed by atoms with van der Waals surface area (Å²) in [4.78, 5) is 0. The Bertz CT molecular complexity index is 2470. The van der Waals surface area contributed by atoms with Crippen molar-refractivity contribution >= 4 is 0 Å². The van der Waals surface area contributed by atoms with Gasteiger partial charge in [-0.05, 0) is 107 Å². The van der Waals surface area contributed by atoms with Gasteiger partial charge in [-0.3, -0.25) is 0 Å². The molecule has 0 radical (unpaired) electrons. The van der Waals surface area contributed by atoms with Gasteiger partial charge in [-0.1, -0.05) is 194 Å². The molecule has 0 fully saturated rings. The maximum atomic E-state index is 2.44. The molecule has 0 unspecified atom stereocenters. The molecule has 0 nitrogen and oxygen atoms in total. The van der Waals surface area contributed by atoms with Crippen LogP contribution in [0.5, 0.6) is 0 Å². The lowest BCUT2D eigenvalue weighted by Crippen LogP contribution is -2.00. The van der Waals surface area contributed by atoms with Gasteiger partial charge in [-0.25, -0.2) is 0 Å². The molecular weight excluding hydrogens is 637 g/mol. The van der Waals surface area contributed by atoms with Gasteiger partial charge in [-0.15, -0.1) is 0 Å². The predicted octanol–water partition coefficient (Wildman–Crippen LogP) is 14.5. The summed E-state index contributed by atoms with van der Waals surface area (Å²) < 4.78 is 0. The number of fused-ring (bicyclic) bond motifs is 2. The van der Waals surface area contributed by atoms with Gasteiger partial charge in [0.1, 0.15) is 0 Å². The summed E-state index contributed by atoms with van der Waals surface area (Å²) in [6.07, 6.45) is 6.07. The van der Waals surface area contributed by atoms with Crippen LogP contribution in [0.4, 0.5) is 0 Å². The third-order valence-electron chi connectivity index (χ3n) is 11.9. The van der Waals surface area contributed by atoms with Crippen molar-refractivity contribution in [3.8, 4) is 89.0 Å². The topological polar surface area (TPSA) is 0 Å². The lowest BCUT2D eigenvalue weighted by atomic mass is 9.83. The second-order valence-corrected chi connectivity index (χ2v) is 14.9. The van der Waals surface area contributed by atoms with Crippen molar-refractivity contribution in [1.29, 1.82) is 0 Å². The highest BCUT2D eigenvalue weighted by molar-refractivity contribution is 5.84. The molecule has 2 atom stereocenters. The molecule has 8 aromatic carbocycles. The van der Waals surface area contributed by atoms with Gasteiger partial charge < -0.3 is 0 Å². The predicted molar refractivity (Wildman–Crippen MR) is 223 cm³/mol. The van der Waals surface area contributed by atoms with Crippen molar-refractivity contribution in [3.05, 3.63) is 205 Å². The quantitative estimate of drug-likeness (QED) is 0.141. The van der Waals surface area contributed by atoms with E-state index >= 15 is 0 Å². The number of rotatable bonds is 0. The van der Waals surface area contributed by atoms with Gasteiger partial charge in [0.05, 0.1) is 0 Å². The van der Waals surface area contributed by atoms with Gasteiger partial charge >= 0.3 is 0 Å². The van der Waals surface area contributed by atoms with Crippen molar-refractivity contribution in [3.63, 3.8) is 0 Å². The van der Waals surface area contributed by atoms with Crippen LogP contribution in [-0.2, 0) is 0 Å². The van der Waals surface area contributed by atoms with Gasteiger partial charge in [0, 0.05) is 11.8 Å². The zero-order valence-electron chi connectivity index (χ0n) is 29.3. The fraction of sp³-hybridized carbons (Fsp3) is 0.0566. The Morgan fingerprint density at radius 1 is 0.208 bits per heavy atom. The summed E-state index contributed by atoms with van der Waals surface area (Å²) in [6.45, 7) is 0. The Morgan fingerprint density at radius 3 is 0.566 bits per heavy atom. The molecule has 0 spiro atoms. The molecule has 0 N–H and O–H groups in total. The second-order valence-electron chi connectivity index (χ2n) is 14.9. The minimum Gasteiger partial charge on any atom is -0.0803 e. The van der Waals surface area contributed by atoms with Crippen LogP contribution in [0.2, 0.25) is 0 Å². The van der Waals surface area contributed by atoms with E-state index in [1.54, 1.807) is 0 Å². The first-order valence-corrected chi connectivity index (χ1v) is 18.8. The van der Waals surface area contributed by atoms with E-state index in [1.807, 2.05) is 0 Å². The average Bonchev–Trinajstić information content (AvgIpc) is 3.88. The first-order valence-electron chi connectivity index (χ1n) is 18.8. The highest BCUT2D eigenvalue weighted by Gasteiger charge is 2.36. The van der Waals surface area contributed by atoms with Crippen LogP contribution >= 0.6 is 0 Å². The van der Waals surface area contributed by atoms with Gasteiger partial charge in [-0.2, -0.15) is 0 Å². The molecule has 0 aliphatic heterocycles. The normalized spacial score (nSPS) is 15.8. The molecule has 53 heavy (non-hydrogen) atoms. The van der Waals surface area contributed by atoms with Crippen LogP contribution in [-0.4, -0.2) is 0 Å². The highest BCUT2D eigenvalue weighted by atomic mass is 14.4. The van der Waals surface area contributed by atoms with Crippen molar-refractivity contribution in [2.75, 3.05) is 0 Å². The zero-order valence-corrected chi connectivity index (χ0v) is 29.3. The molecular formula is C53H36. The Labute approximate surface area is 311 Å². The molecule has 0 heterocycles. The summed E-state index contributed by atoms with van der Waals surface area (Å²) in [7, 11) is 0. The highest BCUT2D eigenvalue weighted by Crippen LogP contribution is 2.55. The van der Waals surface area contributed by atoms with E-state index < -0.39 is 0 Å². The zero-order chi connectivity index (χ0) is 34.9. The van der Waals surface area contributed by atoms with Crippen LogP contribution in [0.3, 0.4) is 0 Å². The van der Waals surface area contributed by atoms with Gasteiger partial charge in [0.25, 0.3) is 0 Å². The van der Waals surface area contributed by atoms with Crippen molar-refractivity contribution in [2.45, 2.75) is 18.3 Å². The second kappa shape index (κ2) is 12.0. The SMILES string of the molecule is C1=C[C@H]2C[C@@H]1c1c3ccc(c12)-c1ccc(cc1)-c1ccc(cc1)-c1ccc(cc1)-c1ccc(cc1)-c1ccc(cc1)-c1ccc(cc1)-c1ccc-3cc1. The third-order valence-corrected chi connectivity index (χ3v) is 11.9. The van der Waals surface area contributed by atoms with Crippen LogP contribution in [0.1, 0.15) is 29.4 Å². The van der Waals surface area contributed by atoms with Crippen LogP contribution in [0.15, 0.2) is 194 Å². The van der Waals surface area contributed by atoms with E-state index in [1.165, 1.54) is 107 Å². The fourth-order valence-corrected chi connectivity index (χ4v) is 9.03. The Kier molecular flexibility index (Phi) is 6.85. The maximum absolute atomic E-state index is 2.44. The average molecular weight is 673 g/mol. The fourth-order valence-electron chi connectivity index (χ4n) is 9.03. The van der Waals surface area contributed by atoms with E-state index in [4.69, 9.17) is 0 Å². The van der Waals surface area contributed by atoms with Crippen LogP contribution in [0.25, 0.3) is 89.0 Å². The van der Waals surface area contributed by atoms with Crippen molar-refractivity contribution in [2.24, 2.45) is 0 Å². The molecule has 0 aromatic heterocycles. The third kappa shape index (κ3) is 5.13.